The highest BCUT2D eigenvalue weighted by Gasteiger charge is 2.54. The Morgan fingerprint density at radius 1 is 1.22 bits per heavy atom. The number of aromatic nitrogens is 2. The number of nitro groups is 1. The molecule has 0 spiro atoms. The number of halogens is 1. The molecule has 1 aromatic rings. The first-order chi connectivity index (χ1) is 12.6. The molecule has 13 heteroatoms. The Bertz CT molecular complexity index is 765. The van der Waals surface area contributed by atoms with Gasteiger partial charge in [-0.2, -0.15) is 4.57 Å². The molecule has 0 bridgehead atoms. The first kappa shape index (κ1) is 20.8. The van der Waals surface area contributed by atoms with E-state index in [1.165, 1.54) is 6.92 Å². The lowest BCUT2D eigenvalue weighted by Gasteiger charge is -2.22. The lowest BCUT2D eigenvalue weighted by atomic mass is 10.1. The minimum Gasteiger partial charge on any atom is -0.463 e. The number of ether oxygens (including phenoxy) is 4. The first-order valence-electron chi connectivity index (χ1n) is 7.61. The van der Waals surface area contributed by atoms with E-state index in [0.29, 0.717) is 0 Å². The molecule has 2 heterocycles. The highest BCUT2D eigenvalue weighted by atomic mass is 79.9. The Labute approximate surface area is 161 Å². The monoisotopic (exact) mass is 449 g/mol. The standard InChI is InChI=1S/C14H16BrN3O9/c1-6(19)24-4-9-10(25-7(2)20)11(26-8(3)21)14(27-9)17-5-16-12(15)13(17)18(22)23/h5,9-11,14H,4H2,1-3H3/t9-,10-,11-,14-/m1/s1. The highest BCUT2D eigenvalue weighted by molar-refractivity contribution is 9.10. The second kappa shape index (κ2) is 8.43. The van der Waals surface area contributed by atoms with Crippen LogP contribution in [0.15, 0.2) is 10.9 Å². The van der Waals surface area contributed by atoms with Gasteiger partial charge in [0.1, 0.15) is 12.7 Å². The van der Waals surface area contributed by atoms with Gasteiger partial charge in [0.2, 0.25) is 16.9 Å². The van der Waals surface area contributed by atoms with E-state index in [4.69, 9.17) is 18.9 Å². The van der Waals surface area contributed by atoms with Crippen LogP contribution in [0, 0.1) is 10.1 Å². The second-order valence-corrected chi connectivity index (χ2v) is 6.29. The lowest BCUT2D eigenvalue weighted by Crippen LogP contribution is -2.40. The number of nitrogens with zero attached hydrogens (tertiary/aromatic N) is 3. The largest absolute Gasteiger partial charge is 0.463 e. The second-order valence-electron chi connectivity index (χ2n) is 5.54. The summed E-state index contributed by atoms with van der Waals surface area (Å²) in [7, 11) is 0. The van der Waals surface area contributed by atoms with E-state index in [-0.39, 0.29) is 11.2 Å². The fraction of sp³-hybridized carbons (Fsp3) is 0.571. The molecular formula is C14H16BrN3O9. The zero-order valence-electron chi connectivity index (χ0n) is 14.5. The maximum absolute atomic E-state index is 11.5. The van der Waals surface area contributed by atoms with Gasteiger partial charge >= 0.3 is 23.7 Å². The number of esters is 3. The molecule has 0 saturated carbocycles. The van der Waals surface area contributed by atoms with Crippen molar-refractivity contribution in [2.45, 2.75) is 45.3 Å². The van der Waals surface area contributed by atoms with Crippen molar-refractivity contribution < 1.29 is 38.3 Å². The van der Waals surface area contributed by atoms with Gasteiger partial charge in [-0.15, -0.1) is 0 Å². The van der Waals surface area contributed by atoms with Crippen LogP contribution in [-0.2, 0) is 33.3 Å². The SMILES string of the molecule is CC(=O)OC[C@H]1O[C@@H](n2cnc(Br)c2[N+](=O)[O-])[C@H](OC(C)=O)[C@@H]1OC(C)=O. The Hall–Kier alpha value is -2.54. The minimum absolute atomic E-state index is 0.0647. The van der Waals surface area contributed by atoms with E-state index in [1.54, 1.807) is 0 Å². The molecule has 0 radical (unpaired) electrons. The van der Waals surface area contributed by atoms with Gasteiger partial charge in [-0.05, 0) is 20.9 Å². The summed E-state index contributed by atoms with van der Waals surface area (Å²) in [5.74, 6) is -2.48. The van der Waals surface area contributed by atoms with Crippen molar-refractivity contribution in [2.75, 3.05) is 6.61 Å². The van der Waals surface area contributed by atoms with E-state index in [0.717, 1.165) is 24.7 Å². The molecule has 0 amide bonds. The summed E-state index contributed by atoms with van der Waals surface area (Å²) in [6, 6.07) is 0. The molecule has 1 aliphatic heterocycles. The van der Waals surface area contributed by atoms with Crippen LogP contribution in [0.4, 0.5) is 5.82 Å². The number of imidazole rings is 1. The van der Waals surface area contributed by atoms with Crippen LogP contribution in [0.25, 0.3) is 0 Å². The number of hydrogen-bond acceptors (Lipinski definition) is 10. The topological polar surface area (TPSA) is 149 Å². The molecule has 12 nitrogen and oxygen atoms in total. The van der Waals surface area contributed by atoms with Crippen LogP contribution in [0.5, 0.6) is 0 Å². The Morgan fingerprint density at radius 3 is 2.33 bits per heavy atom. The maximum Gasteiger partial charge on any atom is 0.359 e. The Kier molecular flexibility index (Phi) is 6.49. The molecule has 0 N–H and O–H groups in total. The molecule has 27 heavy (non-hydrogen) atoms. The molecular weight excluding hydrogens is 434 g/mol. The highest BCUT2D eigenvalue weighted by Crippen LogP contribution is 2.38. The van der Waals surface area contributed by atoms with Crippen molar-refractivity contribution in [1.82, 2.24) is 9.55 Å². The minimum atomic E-state index is -1.24. The number of rotatable bonds is 6. The number of hydrogen-bond donors (Lipinski definition) is 0. The van der Waals surface area contributed by atoms with Crippen molar-refractivity contribution in [3.63, 3.8) is 0 Å². The van der Waals surface area contributed by atoms with Gasteiger partial charge < -0.3 is 29.1 Å². The molecule has 1 saturated heterocycles. The van der Waals surface area contributed by atoms with E-state index in [9.17, 15) is 24.5 Å². The lowest BCUT2D eigenvalue weighted by molar-refractivity contribution is -0.395. The molecule has 0 aliphatic carbocycles. The summed E-state index contributed by atoms with van der Waals surface area (Å²) in [5, 5.41) is 11.3. The maximum atomic E-state index is 11.5. The van der Waals surface area contributed by atoms with Crippen molar-refractivity contribution in [1.29, 1.82) is 0 Å². The predicted molar refractivity (Wildman–Crippen MR) is 88.2 cm³/mol. The van der Waals surface area contributed by atoms with E-state index < -0.39 is 53.2 Å². The normalized spacial score (nSPS) is 24.3. The fourth-order valence-corrected chi connectivity index (χ4v) is 3.05. The molecule has 0 aromatic carbocycles. The van der Waals surface area contributed by atoms with Crippen LogP contribution in [0.2, 0.25) is 0 Å². The van der Waals surface area contributed by atoms with Crippen molar-refractivity contribution in [3.05, 3.63) is 21.0 Å². The summed E-state index contributed by atoms with van der Waals surface area (Å²) in [5.41, 5.74) is 0. The first-order valence-corrected chi connectivity index (χ1v) is 8.41. The summed E-state index contributed by atoms with van der Waals surface area (Å²) < 4.78 is 21.9. The number of carbonyl (C=O) groups excluding carboxylic acids is 3. The van der Waals surface area contributed by atoms with Gasteiger partial charge in [0.15, 0.2) is 12.4 Å². The van der Waals surface area contributed by atoms with Crippen molar-refractivity contribution in [2.24, 2.45) is 0 Å². The van der Waals surface area contributed by atoms with Crippen molar-refractivity contribution in [3.8, 4) is 0 Å². The molecule has 2 rings (SSSR count). The molecule has 0 unspecified atom stereocenters. The van der Waals surface area contributed by atoms with Gasteiger partial charge in [-0.25, -0.2) is 4.98 Å². The third kappa shape index (κ3) is 4.80. The molecule has 1 fully saturated rings. The zero-order chi connectivity index (χ0) is 20.3. The van der Waals surface area contributed by atoms with Crippen LogP contribution in [0.1, 0.15) is 27.0 Å². The Morgan fingerprint density at radius 2 is 1.81 bits per heavy atom. The van der Waals surface area contributed by atoms with E-state index in [1.807, 2.05) is 0 Å². The summed E-state index contributed by atoms with van der Waals surface area (Å²) in [4.78, 5) is 48.6. The van der Waals surface area contributed by atoms with Crippen LogP contribution >= 0.6 is 15.9 Å². The van der Waals surface area contributed by atoms with Crippen LogP contribution in [0.3, 0.4) is 0 Å². The quantitative estimate of drug-likeness (QED) is 0.265. The fourth-order valence-electron chi connectivity index (χ4n) is 2.60. The molecule has 4 atom stereocenters. The summed E-state index contributed by atoms with van der Waals surface area (Å²) >= 11 is 2.96. The van der Waals surface area contributed by atoms with Gasteiger partial charge in [0.05, 0.1) is 0 Å². The van der Waals surface area contributed by atoms with Crippen molar-refractivity contribution >= 4 is 39.7 Å². The molecule has 1 aliphatic rings. The number of carbonyl (C=O) groups is 3. The van der Waals surface area contributed by atoms with Gasteiger partial charge in [0, 0.05) is 20.8 Å². The van der Waals surface area contributed by atoms with Gasteiger partial charge in [0.25, 0.3) is 0 Å². The third-order valence-electron chi connectivity index (χ3n) is 3.51. The third-order valence-corrected chi connectivity index (χ3v) is 4.07. The smallest absolute Gasteiger partial charge is 0.359 e. The van der Waals surface area contributed by atoms with E-state index >= 15 is 0 Å². The Balaban J connectivity index is 2.44. The van der Waals surface area contributed by atoms with Gasteiger partial charge in [-0.3, -0.25) is 14.4 Å². The average Bonchev–Trinajstić information content (AvgIpc) is 3.06. The average molecular weight is 450 g/mol. The summed E-state index contributed by atoms with van der Waals surface area (Å²) in [6.45, 7) is 3.12. The van der Waals surface area contributed by atoms with Gasteiger partial charge in [-0.1, -0.05) is 0 Å². The van der Waals surface area contributed by atoms with Crippen LogP contribution < -0.4 is 0 Å². The molecule has 148 valence electrons. The predicted octanol–water partition coefficient (Wildman–Crippen LogP) is 0.878. The summed E-state index contributed by atoms with van der Waals surface area (Å²) in [6.07, 6.45) is -3.53. The molecule has 1 aromatic heterocycles. The van der Waals surface area contributed by atoms with E-state index in [2.05, 4.69) is 20.9 Å². The van der Waals surface area contributed by atoms with Crippen LogP contribution in [-0.4, -0.2) is 57.3 Å². The zero-order valence-corrected chi connectivity index (χ0v) is 16.1.